The van der Waals surface area contributed by atoms with Gasteiger partial charge < -0.3 is 9.47 Å². The molecular weight excluding hydrogens is 335 g/mol. The summed E-state index contributed by atoms with van der Waals surface area (Å²) in [5.74, 6) is -0.102. The molecule has 1 amide bonds. The second-order valence-corrected chi connectivity index (χ2v) is 6.35. The highest BCUT2D eigenvalue weighted by Gasteiger charge is 2.25. The van der Waals surface area contributed by atoms with Crippen LogP contribution in [-0.4, -0.2) is 31.5 Å². The van der Waals surface area contributed by atoms with Crippen LogP contribution >= 0.6 is 0 Å². The molecule has 0 saturated carbocycles. The zero-order chi connectivity index (χ0) is 18.3. The summed E-state index contributed by atoms with van der Waals surface area (Å²) in [7, 11) is 1.78. The molecule has 0 atom stereocenters. The Balaban J connectivity index is 1.67. The molecule has 26 heavy (non-hydrogen) atoms. The molecule has 0 N–H and O–H groups in total. The fourth-order valence-corrected chi connectivity index (χ4v) is 3.22. The number of halogens is 1. The average molecular weight is 352 g/mol. The third-order valence-corrected chi connectivity index (χ3v) is 4.65. The van der Waals surface area contributed by atoms with Gasteiger partial charge in [-0.2, -0.15) is 0 Å². The van der Waals surface area contributed by atoms with Gasteiger partial charge in [0, 0.05) is 50.5 Å². The van der Waals surface area contributed by atoms with Crippen molar-refractivity contribution in [3.63, 3.8) is 0 Å². The topological polar surface area (TPSA) is 60.1 Å². The van der Waals surface area contributed by atoms with E-state index in [0.29, 0.717) is 31.0 Å². The van der Waals surface area contributed by atoms with Gasteiger partial charge in [0.25, 0.3) is 11.5 Å². The fraction of sp³-hybridized carbons (Fsp3) is 0.211. The highest BCUT2D eigenvalue weighted by Crippen LogP contribution is 2.20. The highest BCUT2D eigenvalue weighted by molar-refractivity contribution is 5.91. The normalized spacial score (nSPS) is 13.5. The van der Waals surface area contributed by atoms with Crippen molar-refractivity contribution in [1.82, 2.24) is 19.0 Å². The Kier molecular flexibility index (Phi) is 3.91. The average Bonchev–Trinajstić information content (AvgIpc) is 3.07. The number of imidazole rings is 1. The maximum absolute atomic E-state index is 13.1. The van der Waals surface area contributed by atoms with Crippen LogP contribution < -0.4 is 5.56 Å². The van der Waals surface area contributed by atoms with E-state index in [1.54, 1.807) is 53.3 Å². The molecule has 4 rings (SSSR count). The van der Waals surface area contributed by atoms with Gasteiger partial charge in [-0.15, -0.1) is 0 Å². The molecule has 1 aliphatic heterocycles. The Morgan fingerprint density at radius 2 is 1.96 bits per heavy atom. The van der Waals surface area contributed by atoms with E-state index in [1.807, 2.05) is 0 Å². The molecule has 3 heterocycles. The lowest BCUT2D eigenvalue weighted by Gasteiger charge is -2.29. The van der Waals surface area contributed by atoms with Crippen molar-refractivity contribution in [2.75, 3.05) is 6.54 Å². The molecule has 7 heteroatoms. The SMILES string of the molecule is Cn1ccnc1C(=O)N1CCc2cc(=O)n(-c3ccc(F)cc3)cc2C1. The van der Waals surface area contributed by atoms with Crippen molar-refractivity contribution in [2.45, 2.75) is 13.0 Å². The first-order chi connectivity index (χ1) is 12.5. The number of nitrogens with zero attached hydrogens (tertiary/aromatic N) is 4. The van der Waals surface area contributed by atoms with Gasteiger partial charge in [-0.05, 0) is 41.8 Å². The number of rotatable bonds is 2. The lowest BCUT2D eigenvalue weighted by atomic mass is 10.0. The van der Waals surface area contributed by atoms with Gasteiger partial charge in [0.15, 0.2) is 5.82 Å². The van der Waals surface area contributed by atoms with E-state index < -0.39 is 0 Å². The van der Waals surface area contributed by atoms with Crippen LogP contribution in [0.5, 0.6) is 0 Å². The second kappa shape index (κ2) is 6.25. The number of fused-ring (bicyclic) bond motifs is 1. The molecule has 1 aliphatic rings. The first-order valence-electron chi connectivity index (χ1n) is 8.30. The predicted octanol–water partition coefficient (Wildman–Crippen LogP) is 1.91. The number of benzene rings is 1. The van der Waals surface area contributed by atoms with Gasteiger partial charge in [-0.1, -0.05) is 0 Å². The van der Waals surface area contributed by atoms with Crippen LogP contribution in [0.1, 0.15) is 21.7 Å². The van der Waals surface area contributed by atoms with Crippen molar-refractivity contribution in [3.8, 4) is 5.69 Å². The van der Waals surface area contributed by atoms with Gasteiger partial charge in [-0.25, -0.2) is 9.37 Å². The first kappa shape index (κ1) is 16.3. The third kappa shape index (κ3) is 2.81. The molecule has 0 bridgehead atoms. The summed E-state index contributed by atoms with van der Waals surface area (Å²) in [4.78, 5) is 30.9. The lowest BCUT2D eigenvalue weighted by molar-refractivity contribution is 0.0718. The smallest absolute Gasteiger partial charge is 0.290 e. The molecule has 0 unspecified atom stereocenters. The molecule has 0 saturated heterocycles. The Morgan fingerprint density at radius 3 is 2.65 bits per heavy atom. The van der Waals surface area contributed by atoms with E-state index in [0.717, 1.165) is 11.1 Å². The van der Waals surface area contributed by atoms with Crippen molar-refractivity contribution in [2.24, 2.45) is 7.05 Å². The first-order valence-corrected chi connectivity index (χ1v) is 8.30. The molecule has 1 aromatic carbocycles. The minimum atomic E-state index is -0.355. The molecule has 0 spiro atoms. The van der Waals surface area contributed by atoms with Gasteiger partial charge in [0.2, 0.25) is 0 Å². The maximum Gasteiger partial charge on any atom is 0.290 e. The van der Waals surface area contributed by atoms with Crippen LogP contribution in [0.15, 0.2) is 53.7 Å². The summed E-state index contributed by atoms with van der Waals surface area (Å²) in [6.07, 6.45) is 5.68. The Hall–Kier alpha value is -3.22. The van der Waals surface area contributed by atoms with Crippen molar-refractivity contribution in [3.05, 3.63) is 82.0 Å². The fourth-order valence-electron chi connectivity index (χ4n) is 3.22. The monoisotopic (exact) mass is 352 g/mol. The number of aromatic nitrogens is 3. The summed E-state index contributed by atoms with van der Waals surface area (Å²) >= 11 is 0. The zero-order valence-corrected chi connectivity index (χ0v) is 14.2. The third-order valence-electron chi connectivity index (χ3n) is 4.65. The molecular formula is C19H17FN4O2. The summed E-state index contributed by atoms with van der Waals surface area (Å²) in [5.41, 5.74) is 2.27. The molecule has 0 fully saturated rings. The lowest BCUT2D eigenvalue weighted by Crippen LogP contribution is -2.38. The standard InChI is InChI=1S/C19H17FN4O2/c1-22-9-7-21-18(22)19(26)23-8-6-13-10-17(25)24(12-14(13)11-23)16-4-2-15(20)3-5-16/h2-5,7,9-10,12H,6,8,11H2,1H3. The second-order valence-electron chi connectivity index (χ2n) is 6.35. The number of hydrogen-bond acceptors (Lipinski definition) is 3. The molecule has 0 radical (unpaired) electrons. The Morgan fingerprint density at radius 1 is 1.19 bits per heavy atom. The molecule has 132 valence electrons. The number of carbonyl (C=O) groups is 1. The Bertz CT molecular complexity index is 1040. The van der Waals surface area contributed by atoms with E-state index >= 15 is 0 Å². The summed E-state index contributed by atoms with van der Waals surface area (Å²) in [6, 6.07) is 7.35. The summed E-state index contributed by atoms with van der Waals surface area (Å²) in [6.45, 7) is 0.946. The van der Waals surface area contributed by atoms with Crippen molar-refractivity contribution < 1.29 is 9.18 Å². The number of carbonyl (C=O) groups excluding carboxylic acids is 1. The number of aryl methyl sites for hydroxylation is 1. The molecule has 2 aromatic heterocycles. The van der Waals surface area contributed by atoms with Crippen LogP contribution in [0, 0.1) is 5.82 Å². The highest BCUT2D eigenvalue weighted by atomic mass is 19.1. The van der Waals surface area contributed by atoms with Gasteiger partial charge in [0.05, 0.1) is 0 Å². The number of amides is 1. The van der Waals surface area contributed by atoms with Crippen molar-refractivity contribution in [1.29, 1.82) is 0 Å². The maximum atomic E-state index is 13.1. The van der Waals surface area contributed by atoms with Crippen LogP contribution in [0.4, 0.5) is 4.39 Å². The zero-order valence-electron chi connectivity index (χ0n) is 14.2. The quantitative estimate of drug-likeness (QED) is 0.708. The van der Waals surface area contributed by atoms with Gasteiger partial charge in [-0.3, -0.25) is 14.2 Å². The van der Waals surface area contributed by atoms with Crippen LogP contribution in [0.25, 0.3) is 5.69 Å². The Labute approximate surface area is 149 Å². The predicted molar refractivity (Wildman–Crippen MR) is 93.6 cm³/mol. The number of pyridine rings is 1. The number of hydrogen-bond donors (Lipinski definition) is 0. The van der Waals surface area contributed by atoms with E-state index in [2.05, 4.69) is 4.98 Å². The molecule has 6 nitrogen and oxygen atoms in total. The minimum Gasteiger partial charge on any atom is -0.331 e. The molecule has 0 aliphatic carbocycles. The van der Waals surface area contributed by atoms with Crippen LogP contribution in [0.2, 0.25) is 0 Å². The van der Waals surface area contributed by atoms with Crippen LogP contribution in [-0.2, 0) is 20.0 Å². The van der Waals surface area contributed by atoms with Crippen LogP contribution in [0.3, 0.4) is 0 Å². The minimum absolute atomic E-state index is 0.136. The summed E-state index contributed by atoms with van der Waals surface area (Å²) in [5, 5.41) is 0. The van der Waals surface area contributed by atoms with E-state index in [9.17, 15) is 14.0 Å². The largest absolute Gasteiger partial charge is 0.331 e. The summed E-state index contributed by atoms with van der Waals surface area (Å²) < 4.78 is 16.3. The van der Waals surface area contributed by atoms with Crippen molar-refractivity contribution >= 4 is 5.91 Å². The van der Waals surface area contributed by atoms with E-state index in [1.165, 1.54) is 16.7 Å². The van der Waals surface area contributed by atoms with E-state index in [-0.39, 0.29) is 17.3 Å². The molecule has 3 aromatic rings. The van der Waals surface area contributed by atoms with Gasteiger partial charge in [0.1, 0.15) is 5.82 Å². The van der Waals surface area contributed by atoms with E-state index in [4.69, 9.17) is 0 Å². The van der Waals surface area contributed by atoms with Gasteiger partial charge >= 0.3 is 0 Å².